The van der Waals surface area contributed by atoms with Gasteiger partial charge in [0.25, 0.3) is 5.91 Å². The van der Waals surface area contributed by atoms with E-state index >= 15 is 0 Å². The molecule has 0 radical (unpaired) electrons. The monoisotopic (exact) mass is 376 g/mol. The molecule has 1 fully saturated rings. The summed E-state index contributed by atoms with van der Waals surface area (Å²) in [6, 6.07) is 9.39. The van der Waals surface area contributed by atoms with E-state index in [9.17, 15) is 22.8 Å². The number of amides is 2. The predicted octanol–water partition coefficient (Wildman–Crippen LogP) is 3.02. The molecule has 0 N–H and O–H groups in total. The zero-order valence-corrected chi connectivity index (χ0v) is 14.6. The van der Waals surface area contributed by atoms with Gasteiger partial charge in [-0.1, -0.05) is 18.2 Å². The van der Waals surface area contributed by atoms with Crippen LogP contribution in [0.15, 0.2) is 42.5 Å². The van der Waals surface area contributed by atoms with Crippen molar-refractivity contribution in [3.05, 3.63) is 71.0 Å². The Morgan fingerprint density at radius 3 is 2.15 bits per heavy atom. The van der Waals surface area contributed by atoms with Crippen LogP contribution in [0.25, 0.3) is 0 Å². The highest BCUT2D eigenvalue weighted by Gasteiger charge is 2.25. The van der Waals surface area contributed by atoms with E-state index in [0.29, 0.717) is 38.2 Å². The molecule has 0 atom stereocenters. The lowest BCUT2D eigenvalue weighted by molar-refractivity contribution is -0.132. The second kappa shape index (κ2) is 8.24. The van der Waals surface area contributed by atoms with Crippen LogP contribution in [-0.4, -0.2) is 47.8 Å². The number of piperazine rings is 1. The van der Waals surface area contributed by atoms with Crippen LogP contribution in [0.4, 0.5) is 13.2 Å². The summed E-state index contributed by atoms with van der Waals surface area (Å²) >= 11 is 0. The summed E-state index contributed by atoms with van der Waals surface area (Å²) in [5.41, 5.74) is 0.575. The van der Waals surface area contributed by atoms with Gasteiger partial charge >= 0.3 is 0 Å². The first kappa shape index (κ1) is 18.9. The summed E-state index contributed by atoms with van der Waals surface area (Å²) < 4.78 is 39.9. The van der Waals surface area contributed by atoms with Crippen LogP contribution in [0.2, 0.25) is 0 Å². The molecule has 0 aliphatic carbocycles. The van der Waals surface area contributed by atoms with Crippen molar-refractivity contribution < 1.29 is 22.8 Å². The Balaban J connectivity index is 1.52. The van der Waals surface area contributed by atoms with E-state index in [2.05, 4.69) is 0 Å². The maximum absolute atomic E-state index is 13.6. The Kier molecular flexibility index (Phi) is 5.78. The zero-order valence-electron chi connectivity index (χ0n) is 14.6. The van der Waals surface area contributed by atoms with Crippen LogP contribution >= 0.6 is 0 Å². The summed E-state index contributed by atoms with van der Waals surface area (Å²) in [6.45, 7) is 1.32. The molecule has 1 aliphatic heterocycles. The Hall–Kier alpha value is -2.83. The molecule has 27 heavy (non-hydrogen) atoms. The molecule has 0 saturated carbocycles. The molecule has 0 aromatic heterocycles. The lowest BCUT2D eigenvalue weighted by Crippen LogP contribution is -2.50. The standard InChI is InChI=1S/C20H19F3N2O2/c21-16-4-2-1-3-14(16)6-8-19(26)24-9-11-25(12-10-24)20(27)15-5-7-17(22)18(23)13-15/h1-5,7,13H,6,8-12H2. The first-order chi connectivity index (χ1) is 13.0. The Morgan fingerprint density at radius 2 is 1.48 bits per heavy atom. The number of rotatable bonds is 4. The van der Waals surface area contributed by atoms with Crippen molar-refractivity contribution in [1.82, 2.24) is 9.80 Å². The van der Waals surface area contributed by atoms with Gasteiger partial charge in [-0.3, -0.25) is 9.59 Å². The topological polar surface area (TPSA) is 40.6 Å². The van der Waals surface area contributed by atoms with Crippen LogP contribution in [0.1, 0.15) is 22.3 Å². The largest absolute Gasteiger partial charge is 0.339 e. The number of carbonyl (C=O) groups excluding carboxylic acids is 2. The third kappa shape index (κ3) is 4.48. The van der Waals surface area contributed by atoms with Crippen molar-refractivity contribution >= 4 is 11.8 Å². The lowest BCUT2D eigenvalue weighted by Gasteiger charge is -2.35. The normalized spacial score (nSPS) is 14.3. The minimum Gasteiger partial charge on any atom is -0.339 e. The van der Waals surface area contributed by atoms with Gasteiger partial charge in [-0.2, -0.15) is 0 Å². The molecule has 1 aliphatic rings. The molecule has 1 saturated heterocycles. The molecular formula is C20H19F3N2O2. The van der Waals surface area contributed by atoms with Gasteiger partial charge in [-0.15, -0.1) is 0 Å². The molecule has 1 heterocycles. The Labute approximate surface area is 155 Å². The average molecular weight is 376 g/mol. The summed E-state index contributed by atoms with van der Waals surface area (Å²) in [5.74, 6) is -2.89. The zero-order chi connectivity index (χ0) is 19.4. The molecule has 3 rings (SSSR count). The molecule has 4 nitrogen and oxygen atoms in total. The fourth-order valence-electron chi connectivity index (χ4n) is 3.07. The molecule has 142 valence electrons. The van der Waals surface area contributed by atoms with Crippen molar-refractivity contribution in [3.8, 4) is 0 Å². The molecular weight excluding hydrogens is 357 g/mol. The summed E-state index contributed by atoms with van der Waals surface area (Å²) in [7, 11) is 0. The highest BCUT2D eigenvalue weighted by Crippen LogP contribution is 2.14. The number of carbonyl (C=O) groups is 2. The molecule has 0 bridgehead atoms. The quantitative estimate of drug-likeness (QED) is 0.823. The van der Waals surface area contributed by atoms with Crippen molar-refractivity contribution in [2.45, 2.75) is 12.8 Å². The fourth-order valence-corrected chi connectivity index (χ4v) is 3.07. The molecule has 2 amide bonds. The minimum absolute atomic E-state index is 0.0771. The average Bonchev–Trinajstić information content (AvgIpc) is 2.69. The maximum Gasteiger partial charge on any atom is 0.254 e. The molecule has 2 aromatic rings. The van der Waals surface area contributed by atoms with E-state index in [-0.39, 0.29) is 23.7 Å². The highest BCUT2D eigenvalue weighted by molar-refractivity contribution is 5.94. The van der Waals surface area contributed by atoms with Crippen LogP contribution in [0.5, 0.6) is 0 Å². The number of nitrogens with zero attached hydrogens (tertiary/aromatic N) is 2. The van der Waals surface area contributed by atoms with Gasteiger partial charge in [-0.25, -0.2) is 13.2 Å². The van der Waals surface area contributed by atoms with Gasteiger partial charge in [0.05, 0.1) is 0 Å². The molecule has 2 aromatic carbocycles. The fraction of sp³-hybridized carbons (Fsp3) is 0.300. The van der Waals surface area contributed by atoms with Gasteiger partial charge in [0, 0.05) is 38.2 Å². The van der Waals surface area contributed by atoms with E-state index in [1.54, 1.807) is 23.1 Å². The van der Waals surface area contributed by atoms with Gasteiger partial charge in [-0.05, 0) is 36.2 Å². The van der Waals surface area contributed by atoms with E-state index < -0.39 is 17.5 Å². The number of aryl methyl sites for hydroxylation is 1. The minimum atomic E-state index is -1.07. The van der Waals surface area contributed by atoms with Crippen molar-refractivity contribution in [2.75, 3.05) is 26.2 Å². The van der Waals surface area contributed by atoms with E-state index in [1.807, 2.05) is 0 Å². The van der Waals surface area contributed by atoms with Crippen molar-refractivity contribution in [1.29, 1.82) is 0 Å². The van der Waals surface area contributed by atoms with Gasteiger partial charge < -0.3 is 9.80 Å². The van der Waals surface area contributed by atoms with Gasteiger partial charge in [0.2, 0.25) is 5.91 Å². The van der Waals surface area contributed by atoms with E-state index in [1.165, 1.54) is 17.0 Å². The predicted molar refractivity (Wildman–Crippen MR) is 93.6 cm³/mol. The number of hydrogen-bond acceptors (Lipinski definition) is 2. The number of halogens is 3. The van der Waals surface area contributed by atoms with Crippen LogP contribution in [0.3, 0.4) is 0 Å². The summed E-state index contributed by atoms with van der Waals surface area (Å²) in [5, 5.41) is 0. The lowest BCUT2D eigenvalue weighted by atomic mass is 10.1. The first-order valence-electron chi connectivity index (χ1n) is 8.71. The second-order valence-electron chi connectivity index (χ2n) is 6.39. The van der Waals surface area contributed by atoms with E-state index in [0.717, 1.165) is 12.1 Å². The third-order valence-electron chi connectivity index (χ3n) is 4.65. The van der Waals surface area contributed by atoms with Crippen LogP contribution in [-0.2, 0) is 11.2 Å². The Bertz CT molecular complexity index is 849. The summed E-state index contributed by atoms with van der Waals surface area (Å²) in [6.07, 6.45) is 0.511. The molecule has 0 spiro atoms. The van der Waals surface area contributed by atoms with Crippen molar-refractivity contribution in [3.63, 3.8) is 0 Å². The van der Waals surface area contributed by atoms with Crippen LogP contribution < -0.4 is 0 Å². The molecule has 7 heteroatoms. The van der Waals surface area contributed by atoms with Crippen molar-refractivity contribution in [2.24, 2.45) is 0 Å². The first-order valence-corrected chi connectivity index (χ1v) is 8.71. The SMILES string of the molecule is O=C(CCc1ccccc1F)N1CCN(C(=O)c2ccc(F)c(F)c2)CC1. The number of hydrogen-bond donors (Lipinski definition) is 0. The number of benzene rings is 2. The van der Waals surface area contributed by atoms with Crippen LogP contribution in [0, 0.1) is 17.5 Å². The maximum atomic E-state index is 13.6. The second-order valence-corrected chi connectivity index (χ2v) is 6.39. The summed E-state index contributed by atoms with van der Waals surface area (Å²) in [4.78, 5) is 27.8. The highest BCUT2D eigenvalue weighted by atomic mass is 19.2. The molecule has 0 unspecified atom stereocenters. The van der Waals surface area contributed by atoms with Gasteiger partial charge in [0.1, 0.15) is 5.82 Å². The smallest absolute Gasteiger partial charge is 0.254 e. The third-order valence-corrected chi connectivity index (χ3v) is 4.65. The Morgan fingerprint density at radius 1 is 0.815 bits per heavy atom. The van der Waals surface area contributed by atoms with E-state index in [4.69, 9.17) is 0 Å². The van der Waals surface area contributed by atoms with Gasteiger partial charge in [0.15, 0.2) is 11.6 Å².